The molecule has 4 nitrogen and oxygen atoms in total. The molecule has 0 unspecified atom stereocenters. The van der Waals surface area contributed by atoms with Crippen molar-refractivity contribution in [1.82, 2.24) is 14.5 Å². The van der Waals surface area contributed by atoms with Crippen molar-refractivity contribution in [3.05, 3.63) is 24.3 Å². The Kier molecular flexibility index (Phi) is 3.62. The topological polar surface area (TPSA) is 24.3 Å². The Morgan fingerprint density at radius 1 is 1.16 bits per heavy atom. The zero-order chi connectivity index (χ0) is 13.2. The Bertz CT molecular complexity index is 558. The fourth-order valence-electron chi connectivity index (χ4n) is 2.62. The molecule has 0 saturated carbocycles. The van der Waals surface area contributed by atoms with E-state index >= 15 is 0 Å². The summed E-state index contributed by atoms with van der Waals surface area (Å²) in [5, 5.41) is 0. The molecular formula is C14H19ClN4. The molecule has 3 rings (SSSR count). The van der Waals surface area contributed by atoms with Crippen molar-refractivity contribution in [3.8, 4) is 0 Å². The number of piperazine rings is 1. The number of alkyl halides is 1. The van der Waals surface area contributed by atoms with Crippen LogP contribution in [0, 0.1) is 0 Å². The second-order valence-corrected chi connectivity index (χ2v) is 5.41. The minimum Gasteiger partial charge on any atom is -0.340 e. The van der Waals surface area contributed by atoms with Gasteiger partial charge in [-0.25, -0.2) is 4.98 Å². The number of anilines is 1. The van der Waals surface area contributed by atoms with Gasteiger partial charge >= 0.3 is 0 Å². The van der Waals surface area contributed by atoms with E-state index in [4.69, 9.17) is 16.6 Å². The van der Waals surface area contributed by atoms with E-state index in [9.17, 15) is 0 Å². The van der Waals surface area contributed by atoms with Crippen LogP contribution in [0.15, 0.2) is 24.3 Å². The number of hydrogen-bond acceptors (Lipinski definition) is 3. The molecule has 0 N–H and O–H groups in total. The van der Waals surface area contributed by atoms with Gasteiger partial charge in [0.25, 0.3) is 0 Å². The second kappa shape index (κ2) is 5.39. The van der Waals surface area contributed by atoms with Crippen molar-refractivity contribution in [2.45, 2.75) is 6.54 Å². The number of benzene rings is 1. The fourth-order valence-corrected chi connectivity index (χ4v) is 2.78. The molecular weight excluding hydrogens is 260 g/mol. The van der Waals surface area contributed by atoms with Crippen LogP contribution < -0.4 is 4.90 Å². The molecule has 1 aliphatic heterocycles. The van der Waals surface area contributed by atoms with E-state index in [0.717, 1.165) is 44.2 Å². The van der Waals surface area contributed by atoms with Crippen molar-refractivity contribution >= 4 is 28.6 Å². The van der Waals surface area contributed by atoms with Gasteiger partial charge in [-0.05, 0) is 19.2 Å². The minimum absolute atomic E-state index is 0.612. The molecule has 1 aromatic heterocycles. The largest absolute Gasteiger partial charge is 0.340 e. The average Bonchev–Trinajstić information content (AvgIpc) is 2.79. The summed E-state index contributed by atoms with van der Waals surface area (Å²) < 4.78 is 2.24. The maximum Gasteiger partial charge on any atom is 0.206 e. The molecule has 0 radical (unpaired) electrons. The number of para-hydroxylation sites is 2. The number of aromatic nitrogens is 2. The molecule has 0 amide bonds. The molecule has 0 bridgehead atoms. The molecule has 2 heterocycles. The van der Waals surface area contributed by atoms with E-state index in [1.165, 1.54) is 5.52 Å². The maximum absolute atomic E-state index is 5.95. The number of hydrogen-bond donors (Lipinski definition) is 0. The van der Waals surface area contributed by atoms with E-state index in [-0.39, 0.29) is 0 Å². The Morgan fingerprint density at radius 3 is 2.63 bits per heavy atom. The van der Waals surface area contributed by atoms with E-state index in [1.807, 2.05) is 6.07 Å². The molecule has 0 spiro atoms. The molecule has 102 valence electrons. The van der Waals surface area contributed by atoms with Crippen LogP contribution in [0.1, 0.15) is 0 Å². The number of nitrogens with zero attached hydrogens (tertiary/aromatic N) is 4. The van der Waals surface area contributed by atoms with Crippen molar-refractivity contribution in [3.63, 3.8) is 0 Å². The second-order valence-electron chi connectivity index (χ2n) is 5.03. The first-order valence-electron chi connectivity index (χ1n) is 6.74. The first kappa shape index (κ1) is 12.8. The Morgan fingerprint density at radius 2 is 1.89 bits per heavy atom. The third-order valence-corrected chi connectivity index (χ3v) is 3.90. The van der Waals surface area contributed by atoms with Crippen LogP contribution in [0.2, 0.25) is 0 Å². The lowest BCUT2D eigenvalue weighted by Crippen LogP contribution is -2.45. The van der Waals surface area contributed by atoms with Gasteiger partial charge in [-0.2, -0.15) is 0 Å². The van der Waals surface area contributed by atoms with E-state index < -0.39 is 0 Å². The van der Waals surface area contributed by atoms with Crippen LogP contribution in [0.25, 0.3) is 11.0 Å². The van der Waals surface area contributed by atoms with Gasteiger partial charge in [-0.1, -0.05) is 12.1 Å². The molecule has 1 saturated heterocycles. The van der Waals surface area contributed by atoms with Crippen molar-refractivity contribution in [1.29, 1.82) is 0 Å². The highest BCUT2D eigenvalue weighted by atomic mass is 35.5. The molecule has 1 fully saturated rings. The van der Waals surface area contributed by atoms with Crippen LogP contribution in [-0.4, -0.2) is 53.6 Å². The van der Waals surface area contributed by atoms with Crippen molar-refractivity contribution in [2.75, 3.05) is 44.0 Å². The van der Waals surface area contributed by atoms with Crippen molar-refractivity contribution < 1.29 is 0 Å². The standard InChI is InChI=1S/C14H19ClN4/c1-17-8-10-18(11-9-17)14-16-12-4-2-3-5-13(12)19(14)7-6-15/h2-5H,6-11H2,1H3. The van der Waals surface area contributed by atoms with Gasteiger partial charge in [0.15, 0.2) is 0 Å². The first-order valence-corrected chi connectivity index (χ1v) is 7.28. The zero-order valence-electron chi connectivity index (χ0n) is 11.2. The quantitative estimate of drug-likeness (QED) is 0.803. The number of imidazole rings is 1. The van der Waals surface area contributed by atoms with Gasteiger partial charge in [0.05, 0.1) is 11.0 Å². The molecule has 0 aliphatic carbocycles. The van der Waals surface area contributed by atoms with Gasteiger partial charge in [0.2, 0.25) is 5.95 Å². The molecule has 0 atom stereocenters. The first-order chi connectivity index (χ1) is 9.29. The maximum atomic E-state index is 5.95. The molecule has 19 heavy (non-hydrogen) atoms. The third-order valence-electron chi connectivity index (χ3n) is 3.73. The predicted octanol–water partition coefficient (Wildman–Crippen LogP) is 2.03. The monoisotopic (exact) mass is 278 g/mol. The van der Waals surface area contributed by atoms with Gasteiger partial charge in [-0.3, -0.25) is 0 Å². The summed E-state index contributed by atoms with van der Waals surface area (Å²) in [5.41, 5.74) is 2.23. The summed E-state index contributed by atoms with van der Waals surface area (Å²) in [7, 11) is 2.17. The highest BCUT2D eigenvalue weighted by molar-refractivity contribution is 6.17. The summed E-state index contributed by atoms with van der Waals surface area (Å²) in [6, 6.07) is 8.28. The summed E-state index contributed by atoms with van der Waals surface area (Å²) in [5.74, 6) is 1.68. The third kappa shape index (κ3) is 2.42. The summed E-state index contributed by atoms with van der Waals surface area (Å²) in [4.78, 5) is 9.51. The van der Waals surface area contributed by atoms with Crippen LogP contribution in [0.4, 0.5) is 5.95 Å². The number of rotatable bonds is 3. The number of aryl methyl sites for hydroxylation is 1. The van der Waals surface area contributed by atoms with E-state index in [2.05, 4.69) is 39.6 Å². The number of likely N-dealkylation sites (N-methyl/N-ethyl adjacent to an activating group) is 1. The Hall–Kier alpha value is -1.26. The fraction of sp³-hybridized carbons (Fsp3) is 0.500. The lowest BCUT2D eigenvalue weighted by molar-refractivity contribution is 0.310. The van der Waals surface area contributed by atoms with Crippen molar-refractivity contribution in [2.24, 2.45) is 0 Å². The van der Waals surface area contributed by atoms with Gasteiger partial charge in [0, 0.05) is 38.6 Å². The Labute approximate surface area is 118 Å². The van der Waals surface area contributed by atoms with Crippen LogP contribution in [0.3, 0.4) is 0 Å². The Balaban J connectivity index is 1.99. The normalized spacial score (nSPS) is 17.3. The van der Waals surface area contributed by atoms with Crippen LogP contribution in [0.5, 0.6) is 0 Å². The highest BCUT2D eigenvalue weighted by Gasteiger charge is 2.20. The van der Waals surface area contributed by atoms with E-state index in [0.29, 0.717) is 5.88 Å². The van der Waals surface area contributed by atoms with Crippen LogP contribution >= 0.6 is 11.6 Å². The van der Waals surface area contributed by atoms with Crippen LogP contribution in [-0.2, 0) is 6.54 Å². The molecule has 2 aromatic rings. The lowest BCUT2D eigenvalue weighted by atomic mass is 10.3. The van der Waals surface area contributed by atoms with Gasteiger partial charge in [-0.15, -0.1) is 11.6 Å². The number of halogens is 1. The summed E-state index contributed by atoms with van der Waals surface area (Å²) >= 11 is 5.95. The van der Waals surface area contributed by atoms with E-state index in [1.54, 1.807) is 0 Å². The lowest BCUT2D eigenvalue weighted by Gasteiger charge is -2.33. The highest BCUT2D eigenvalue weighted by Crippen LogP contribution is 2.23. The van der Waals surface area contributed by atoms with Gasteiger partial charge < -0.3 is 14.4 Å². The summed E-state index contributed by atoms with van der Waals surface area (Å²) in [6.45, 7) is 5.04. The average molecular weight is 279 g/mol. The SMILES string of the molecule is CN1CCN(c2nc3ccccc3n2CCCl)CC1. The smallest absolute Gasteiger partial charge is 0.206 e. The molecule has 1 aromatic carbocycles. The predicted molar refractivity (Wildman–Crippen MR) is 80.2 cm³/mol. The minimum atomic E-state index is 0.612. The van der Waals surface area contributed by atoms with Gasteiger partial charge in [0.1, 0.15) is 0 Å². The summed E-state index contributed by atoms with van der Waals surface area (Å²) in [6.07, 6.45) is 0. The number of fused-ring (bicyclic) bond motifs is 1. The molecule has 1 aliphatic rings. The zero-order valence-corrected chi connectivity index (χ0v) is 12.0. The molecule has 5 heteroatoms.